The molecule has 5 heteroatoms. The van der Waals surface area contributed by atoms with E-state index in [-0.39, 0.29) is 11.5 Å². The Labute approximate surface area is 147 Å². The van der Waals surface area contributed by atoms with Crippen molar-refractivity contribution in [2.75, 3.05) is 20.1 Å². The lowest BCUT2D eigenvalue weighted by Crippen LogP contribution is -2.25. The Balaban J connectivity index is 1.89. The van der Waals surface area contributed by atoms with Crippen LogP contribution < -0.4 is 11.5 Å². The third-order valence-corrected chi connectivity index (χ3v) is 4.47. The molecule has 5 nitrogen and oxygen atoms in total. The lowest BCUT2D eigenvalue weighted by molar-refractivity contribution is 0.360. The van der Waals surface area contributed by atoms with Crippen LogP contribution in [0, 0.1) is 0 Å². The van der Waals surface area contributed by atoms with Crippen LogP contribution in [0.25, 0.3) is 16.5 Å². The average Bonchev–Trinajstić information content (AvgIpc) is 2.59. The minimum absolute atomic E-state index is 0.0670. The smallest absolute Gasteiger partial charge is 0.125 e. The summed E-state index contributed by atoms with van der Waals surface area (Å²) in [4.78, 5) is 2.23. The molecule has 2 aromatic carbocycles. The minimum Gasteiger partial charge on any atom is -0.508 e. The Morgan fingerprint density at radius 1 is 1.04 bits per heavy atom. The summed E-state index contributed by atoms with van der Waals surface area (Å²) in [5.41, 5.74) is 15.1. The van der Waals surface area contributed by atoms with Gasteiger partial charge in [-0.15, -0.1) is 0 Å². The van der Waals surface area contributed by atoms with E-state index in [1.807, 2.05) is 0 Å². The van der Waals surface area contributed by atoms with Crippen LogP contribution in [0.1, 0.15) is 12.0 Å². The molecule has 3 rings (SSSR count). The van der Waals surface area contributed by atoms with Gasteiger partial charge in [-0.3, -0.25) is 0 Å². The van der Waals surface area contributed by atoms with Gasteiger partial charge in [0.1, 0.15) is 11.5 Å². The van der Waals surface area contributed by atoms with Crippen molar-refractivity contribution in [1.29, 1.82) is 0 Å². The van der Waals surface area contributed by atoms with Gasteiger partial charge in [0.2, 0.25) is 0 Å². The van der Waals surface area contributed by atoms with Gasteiger partial charge in [0, 0.05) is 30.0 Å². The number of nitrogens with two attached hydrogens (primary N) is 2. The molecule has 0 radical (unpaired) electrons. The molecular weight excluding hydrogens is 314 g/mol. The maximum absolute atomic E-state index is 10.2. The SMILES string of the molecule is CN1CC=C(/C(N)=C/C=C(\N)c2cc3ccc(O)cc3cc2O)CC1. The highest BCUT2D eigenvalue weighted by Crippen LogP contribution is 2.30. The van der Waals surface area contributed by atoms with Crippen molar-refractivity contribution < 1.29 is 10.2 Å². The van der Waals surface area contributed by atoms with Gasteiger partial charge in [0.05, 0.1) is 0 Å². The van der Waals surface area contributed by atoms with Gasteiger partial charge in [-0.25, -0.2) is 0 Å². The van der Waals surface area contributed by atoms with Gasteiger partial charge in [-0.05, 0) is 66.2 Å². The van der Waals surface area contributed by atoms with E-state index in [4.69, 9.17) is 11.5 Å². The van der Waals surface area contributed by atoms with Gasteiger partial charge in [-0.2, -0.15) is 0 Å². The Morgan fingerprint density at radius 2 is 1.80 bits per heavy atom. The van der Waals surface area contributed by atoms with E-state index >= 15 is 0 Å². The Hall–Kier alpha value is -2.92. The summed E-state index contributed by atoms with van der Waals surface area (Å²) in [6, 6.07) is 8.39. The lowest BCUT2D eigenvalue weighted by atomic mass is 10.0. The first kappa shape index (κ1) is 16.9. The molecule has 1 aliphatic heterocycles. The fraction of sp³-hybridized carbons (Fsp3) is 0.200. The molecule has 0 bridgehead atoms. The summed E-state index contributed by atoms with van der Waals surface area (Å²) in [6.45, 7) is 1.87. The van der Waals surface area contributed by atoms with Gasteiger partial charge in [0.15, 0.2) is 0 Å². The monoisotopic (exact) mass is 337 g/mol. The molecule has 0 fully saturated rings. The zero-order valence-electron chi connectivity index (χ0n) is 14.2. The maximum Gasteiger partial charge on any atom is 0.125 e. The molecule has 0 atom stereocenters. The predicted octanol–water partition coefficient (Wildman–Crippen LogP) is 2.66. The number of phenols is 2. The lowest BCUT2D eigenvalue weighted by Gasteiger charge is -2.21. The van der Waals surface area contributed by atoms with E-state index in [9.17, 15) is 10.2 Å². The molecular formula is C20H23N3O2. The largest absolute Gasteiger partial charge is 0.508 e. The van der Waals surface area contributed by atoms with E-state index < -0.39 is 0 Å². The van der Waals surface area contributed by atoms with Crippen LogP contribution in [0.3, 0.4) is 0 Å². The van der Waals surface area contributed by atoms with Gasteiger partial charge in [0.25, 0.3) is 0 Å². The van der Waals surface area contributed by atoms with Gasteiger partial charge >= 0.3 is 0 Å². The molecule has 0 saturated carbocycles. The van der Waals surface area contributed by atoms with Crippen molar-refractivity contribution in [2.24, 2.45) is 11.5 Å². The van der Waals surface area contributed by atoms with Crippen LogP contribution in [-0.4, -0.2) is 35.3 Å². The highest BCUT2D eigenvalue weighted by Gasteiger charge is 2.10. The summed E-state index contributed by atoms with van der Waals surface area (Å²) in [7, 11) is 2.08. The fourth-order valence-corrected chi connectivity index (χ4v) is 2.91. The molecule has 0 spiro atoms. The molecule has 6 N–H and O–H groups in total. The second kappa shape index (κ2) is 6.91. The topological polar surface area (TPSA) is 95.7 Å². The number of likely N-dealkylation sites (N-methyl/N-ethyl adjacent to an activating group) is 1. The third kappa shape index (κ3) is 3.78. The number of phenolic OH excluding ortho intramolecular Hbond substituents is 2. The van der Waals surface area contributed by atoms with E-state index in [1.54, 1.807) is 42.5 Å². The van der Waals surface area contributed by atoms with Crippen LogP contribution in [0.4, 0.5) is 0 Å². The molecule has 0 amide bonds. The zero-order valence-corrected chi connectivity index (χ0v) is 14.2. The van der Waals surface area contributed by atoms with Crippen molar-refractivity contribution in [1.82, 2.24) is 4.90 Å². The number of hydrogen-bond acceptors (Lipinski definition) is 5. The minimum atomic E-state index is 0.0670. The van der Waals surface area contributed by atoms with Crippen molar-refractivity contribution in [3.8, 4) is 11.5 Å². The Kier molecular flexibility index (Phi) is 4.67. The third-order valence-electron chi connectivity index (χ3n) is 4.47. The predicted molar refractivity (Wildman–Crippen MR) is 102 cm³/mol. The van der Waals surface area contributed by atoms with Gasteiger partial charge in [-0.1, -0.05) is 12.1 Å². The number of fused-ring (bicyclic) bond motifs is 1. The highest BCUT2D eigenvalue weighted by atomic mass is 16.3. The summed E-state index contributed by atoms with van der Waals surface area (Å²) < 4.78 is 0. The van der Waals surface area contributed by atoms with Gasteiger partial charge < -0.3 is 26.6 Å². The first-order valence-corrected chi connectivity index (χ1v) is 8.21. The molecule has 0 aliphatic carbocycles. The average molecular weight is 337 g/mol. The van der Waals surface area contributed by atoms with Crippen molar-refractivity contribution >= 4 is 16.5 Å². The molecule has 0 saturated heterocycles. The normalized spacial score (nSPS) is 16.9. The number of benzene rings is 2. The van der Waals surface area contributed by atoms with E-state index in [1.165, 1.54) is 0 Å². The van der Waals surface area contributed by atoms with E-state index in [2.05, 4.69) is 18.0 Å². The maximum atomic E-state index is 10.2. The summed E-state index contributed by atoms with van der Waals surface area (Å²) in [5, 5.41) is 21.4. The fourth-order valence-electron chi connectivity index (χ4n) is 2.91. The summed E-state index contributed by atoms with van der Waals surface area (Å²) in [5.74, 6) is 0.225. The molecule has 0 unspecified atom stereocenters. The number of nitrogens with zero attached hydrogens (tertiary/aromatic N) is 1. The van der Waals surface area contributed by atoms with Crippen LogP contribution in [0.15, 0.2) is 59.8 Å². The number of hydrogen-bond donors (Lipinski definition) is 4. The molecule has 2 aromatic rings. The van der Waals surface area contributed by atoms with E-state index in [0.29, 0.717) is 17.0 Å². The number of aromatic hydroxyl groups is 2. The number of allylic oxidation sites excluding steroid dienone is 3. The van der Waals surface area contributed by atoms with Crippen LogP contribution >= 0.6 is 0 Å². The second-order valence-electron chi connectivity index (χ2n) is 6.39. The zero-order chi connectivity index (χ0) is 18.0. The Morgan fingerprint density at radius 3 is 2.52 bits per heavy atom. The first-order chi connectivity index (χ1) is 11.9. The molecule has 0 aromatic heterocycles. The highest BCUT2D eigenvalue weighted by molar-refractivity contribution is 5.89. The van der Waals surface area contributed by atoms with E-state index in [0.717, 1.165) is 35.9 Å². The summed E-state index contributed by atoms with van der Waals surface area (Å²) in [6.07, 6.45) is 6.54. The Bertz CT molecular complexity index is 897. The molecule has 1 aliphatic rings. The van der Waals surface area contributed by atoms with Crippen LogP contribution in [-0.2, 0) is 0 Å². The molecule has 1 heterocycles. The summed E-state index contributed by atoms with van der Waals surface area (Å²) >= 11 is 0. The molecule has 130 valence electrons. The number of rotatable bonds is 3. The quantitative estimate of drug-likeness (QED) is 0.646. The van der Waals surface area contributed by atoms with Crippen molar-refractivity contribution in [3.05, 3.63) is 65.4 Å². The van der Waals surface area contributed by atoms with Crippen LogP contribution in [0.5, 0.6) is 11.5 Å². The standard InChI is InChI=1S/C20H23N3O2/c1-23-8-6-13(7-9-23)18(21)4-5-19(22)17-11-14-2-3-16(24)10-15(14)12-20(17)25/h2-6,10-12,24-25H,7-9,21-22H2,1H3/b18-4-,19-5-. The van der Waals surface area contributed by atoms with Crippen molar-refractivity contribution in [3.63, 3.8) is 0 Å². The second-order valence-corrected chi connectivity index (χ2v) is 6.39. The van der Waals surface area contributed by atoms with Crippen molar-refractivity contribution in [2.45, 2.75) is 6.42 Å². The first-order valence-electron chi connectivity index (χ1n) is 8.21. The molecule has 25 heavy (non-hydrogen) atoms. The van der Waals surface area contributed by atoms with Crippen LogP contribution in [0.2, 0.25) is 0 Å².